The highest BCUT2D eigenvalue weighted by atomic mass is 16.4. The van der Waals surface area contributed by atoms with Crippen LogP contribution in [-0.4, -0.2) is 11.1 Å². The average Bonchev–Trinajstić information content (AvgIpc) is 2.05. The molecule has 0 bridgehead atoms. The number of hydrogen-bond acceptors (Lipinski definition) is 1. The number of hydrogen-bond donors (Lipinski definition) is 1. The van der Waals surface area contributed by atoms with E-state index in [9.17, 15) is 4.79 Å². The van der Waals surface area contributed by atoms with Gasteiger partial charge in [-0.05, 0) is 31.9 Å². The average molecular weight is 177 g/mol. The zero-order chi connectivity index (χ0) is 9.90. The number of carbonyl (C=O) groups is 1. The topological polar surface area (TPSA) is 37.3 Å². The molecule has 1 aromatic carbocycles. The van der Waals surface area contributed by atoms with E-state index in [1.165, 1.54) is 0 Å². The van der Waals surface area contributed by atoms with E-state index in [4.69, 9.17) is 5.11 Å². The Morgan fingerprint density at radius 2 is 2.00 bits per heavy atom. The van der Waals surface area contributed by atoms with Crippen LogP contribution in [0.4, 0.5) is 0 Å². The Hall–Kier alpha value is -1.31. The lowest BCUT2D eigenvalue weighted by atomic mass is 9.86. The highest BCUT2D eigenvalue weighted by molar-refractivity contribution is 5.74. The van der Waals surface area contributed by atoms with Crippen molar-refractivity contribution in [1.29, 1.82) is 0 Å². The third-order valence-corrected chi connectivity index (χ3v) is 2.01. The molecule has 0 unspecified atom stereocenters. The van der Waals surface area contributed by atoms with Crippen LogP contribution >= 0.6 is 0 Å². The molecule has 0 amide bonds. The van der Waals surface area contributed by atoms with Crippen LogP contribution in [0.25, 0.3) is 0 Å². The van der Waals surface area contributed by atoms with Gasteiger partial charge in [-0.25, -0.2) is 0 Å². The van der Waals surface area contributed by atoms with Crippen LogP contribution in [0.15, 0.2) is 24.3 Å². The summed E-state index contributed by atoms with van der Waals surface area (Å²) in [6.07, 6.45) is 0.553. The molecular weight excluding hydrogens is 164 g/mol. The van der Waals surface area contributed by atoms with Gasteiger partial charge in [0.25, 0.3) is 0 Å². The zero-order valence-electron chi connectivity index (χ0n) is 7.87. The second kappa shape index (κ2) is 3.60. The van der Waals surface area contributed by atoms with Crippen molar-refractivity contribution >= 4 is 5.97 Å². The molecule has 1 N–H and O–H groups in total. The summed E-state index contributed by atoms with van der Waals surface area (Å²) in [4.78, 5) is 10.8. The lowest BCUT2D eigenvalue weighted by molar-refractivity contribution is -0.146. The van der Waals surface area contributed by atoms with Crippen molar-refractivity contribution in [3.63, 3.8) is 0 Å². The SMILES string of the molecule is CC(C)(Cc1cc[c]cc1)C(=O)O. The maximum Gasteiger partial charge on any atom is 0.309 e. The highest BCUT2D eigenvalue weighted by Gasteiger charge is 2.26. The second-order valence-corrected chi connectivity index (χ2v) is 3.77. The van der Waals surface area contributed by atoms with E-state index < -0.39 is 11.4 Å². The first-order valence-corrected chi connectivity index (χ1v) is 4.21. The normalized spacial score (nSPS) is 11.2. The van der Waals surface area contributed by atoms with Gasteiger partial charge in [-0.3, -0.25) is 4.79 Å². The van der Waals surface area contributed by atoms with E-state index in [0.717, 1.165) is 5.56 Å². The first-order valence-electron chi connectivity index (χ1n) is 4.21. The maximum absolute atomic E-state index is 10.8. The third kappa shape index (κ3) is 2.58. The molecule has 1 rings (SSSR count). The highest BCUT2D eigenvalue weighted by Crippen LogP contribution is 2.21. The van der Waals surface area contributed by atoms with E-state index in [1.807, 2.05) is 12.1 Å². The predicted molar refractivity (Wildman–Crippen MR) is 50.4 cm³/mol. The first-order chi connectivity index (χ1) is 6.02. The zero-order valence-corrected chi connectivity index (χ0v) is 7.87. The van der Waals surface area contributed by atoms with Crippen molar-refractivity contribution in [3.8, 4) is 0 Å². The summed E-state index contributed by atoms with van der Waals surface area (Å²) in [5.41, 5.74) is 0.340. The van der Waals surface area contributed by atoms with Crippen molar-refractivity contribution in [2.24, 2.45) is 5.41 Å². The van der Waals surface area contributed by atoms with Crippen molar-refractivity contribution in [1.82, 2.24) is 0 Å². The van der Waals surface area contributed by atoms with Gasteiger partial charge in [0, 0.05) is 0 Å². The van der Waals surface area contributed by atoms with Crippen molar-refractivity contribution < 1.29 is 9.90 Å². The van der Waals surface area contributed by atoms with Crippen LogP contribution in [0.2, 0.25) is 0 Å². The smallest absolute Gasteiger partial charge is 0.309 e. The summed E-state index contributed by atoms with van der Waals surface area (Å²) >= 11 is 0. The fourth-order valence-corrected chi connectivity index (χ4v) is 1.13. The quantitative estimate of drug-likeness (QED) is 0.768. The minimum Gasteiger partial charge on any atom is -0.481 e. The number of carboxylic acids is 1. The molecule has 69 valence electrons. The molecule has 0 aliphatic carbocycles. The van der Waals surface area contributed by atoms with Gasteiger partial charge in [0.1, 0.15) is 0 Å². The molecule has 0 aliphatic heterocycles. The van der Waals surface area contributed by atoms with E-state index >= 15 is 0 Å². The van der Waals surface area contributed by atoms with Crippen LogP contribution in [-0.2, 0) is 11.2 Å². The summed E-state index contributed by atoms with van der Waals surface area (Å²) in [7, 11) is 0. The van der Waals surface area contributed by atoms with Gasteiger partial charge in [0.15, 0.2) is 0 Å². The van der Waals surface area contributed by atoms with Crippen molar-refractivity contribution in [2.75, 3.05) is 0 Å². The van der Waals surface area contributed by atoms with Crippen LogP contribution < -0.4 is 0 Å². The molecule has 2 heteroatoms. The monoisotopic (exact) mass is 177 g/mol. The number of benzene rings is 1. The molecule has 0 saturated heterocycles. The summed E-state index contributed by atoms with van der Waals surface area (Å²) in [6, 6.07) is 10.3. The Morgan fingerprint density at radius 3 is 2.46 bits per heavy atom. The molecule has 1 radical (unpaired) electrons. The van der Waals surface area contributed by atoms with Crippen LogP contribution in [0.3, 0.4) is 0 Å². The van der Waals surface area contributed by atoms with E-state index in [1.54, 1.807) is 26.0 Å². The Morgan fingerprint density at radius 1 is 1.46 bits per heavy atom. The van der Waals surface area contributed by atoms with Crippen LogP contribution in [0.5, 0.6) is 0 Å². The number of aliphatic carboxylic acids is 1. The van der Waals surface area contributed by atoms with Crippen molar-refractivity contribution in [2.45, 2.75) is 20.3 Å². The second-order valence-electron chi connectivity index (χ2n) is 3.77. The first kappa shape index (κ1) is 9.78. The fraction of sp³-hybridized carbons (Fsp3) is 0.364. The lowest BCUT2D eigenvalue weighted by Crippen LogP contribution is -2.26. The molecule has 2 nitrogen and oxygen atoms in total. The molecule has 0 aromatic heterocycles. The van der Waals surface area contributed by atoms with E-state index in [2.05, 4.69) is 6.07 Å². The minimum atomic E-state index is -0.764. The molecule has 0 aliphatic rings. The van der Waals surface area contributed by atoms with Gasteiger partial charge < -0.3 is 5.11 Å². The van der Waals surface area contributed by atoms with Gasteiger partial charge in [-0.1, -0.05) is 24.3 Å². The molecule has 0 spiro atoms. The molecule has 0 saturated carbocycles. The third-order valence-electron chi connectivity index (χ3n) is 2.01. The van der Waals surface area contributed by atoms with Crippen LogP contribution in [0, 0.1) is 11.5 Å². The van der Waals surface area contributed by atoms with Gasteiger partial charge >= 0.3 is 5.97 Å². The molecule has 13 heavy (non-hydrogen) atoms. The summed E-state index contributed by atoms with van der Waals surface area (Å²) in [6.45, 7) is 3.46. The maximum atomic E-state index is 10.8. The Bertz CT molecular complexity index is 288. The predicted octanol–water partition coefficient (Wildman–Crippen LogP) is 2.14. The minimum absolute atomic E-state index is 0.553. The standard InChI is InChI=1S/C11H13O2/c1-11(2,10(12)13)8-9-6-4-3-5-7-9/h4-7H,8H2,1-2H3,(H,12,13). The molecule has 0 fully saturated rings. The van der Waals surface area contributed by atoms with E-state index in [-0.39, 0.29) is 0 Å². The number of carboxylic acid groups (broad SMARTS) is 1. The van der Waals surface area contributed by atoms with E-state index in [0.29, 0.717) is 6.42 Å². The van der Waals surface area contributed by atoms with Gasteiger partial charge in [-0.15, -0.1) is 0 Å². The molecule has 0 atom stereocenters. The summed E-state index contributed by atoms with van der Waals surface area (Å²) in [5, 5.41) is 8.89. The van der Waals surface area contributed by atoms with Crippen LogP contribution in [0.1, 0.15) is 19.4 Å². The molecule has 1 aromatic rings. The van der Waals surface area contributed by atoms with Gasteiger partial charge in [0.05, 0.1) is 5.41 Å². The van der Waals surface area contributed by atoms with Gasteiger partial charge in [-0.2, -0.15) is 0 Å². The summed E-state index contributed by atoms with van der Waals surface area (Å²) in [5.74, 6) is -0.764. The number of rotatable bonds is 3. The Balaban J connectivity index is 2.75. The largest absolute Gasteiger partial charge is 0.481 e. The lowest BCUT2D eigenvalue weighted by Gasteiger charge is -2.18. The Kier molecular flexibility index (Phi) is 2.71. The molecular formula is C11H13O2. The molecule has 0 heterocycles. The van der Waals surface area contributed by atoms with Gasteiger partial charge in [0.2, 0.25) is 0 Å². The Labute approximate surface area is 78.2 Å². The van der Waals surface area contributed by atoms with Crippen molar-refractivity contribution in [3.05, 3.63) is 35.9 Å². The fourth-order valence-electron chi connectivity index (χ4n) is 1.13. The summed E-state index contributed by atoms with van der Waals surface area (Å²) < 4.78 is 0.